The molecular formula is C14H20BrN3O. The van der Waals surface area contributed by atoms with Crippen molar-refractivity contribution >= 4 is 27.5 Å². The number of anilines is 1. The molecule has 0 radical (unpaired) electrons. The number of halogens is 1. The predicted molar refractivity (Wildman–Crippen MR) is 81.8 cm³/mol. The second kappa shape index (κ2) is 5.82. The number of benzene rings is 1. The Hall–Kier alpha value is -1.23. The highest BCUT2D eigenvalue weighted by molar-refractivity contribution is 9.10. The molecule has 1 aromatic carbocycles. The van der Waals surface area contributed by atoms with Crippen molar-refractivity contribution in [1.82, 2.24) is 0 Å². The molecule has 0 aromatic heterocycles. The van der Waals surface area contributed by atoms with Crippen molar-refractivity contribution in [2.75, 3.05) is 18.0 Å². The van der Waals surface area contributed by atoms with Crippen LogP contribution in [0.3, 0.4) is 0 Å². The summed E-state index contributed by atoms with van der Waals surface area (Å²) in [6.07, 6.45) is 1.29. The molecule has 1 heterocycles. The average Bonchev–Trinajstić information content (AvgIpc) is 2.36. The summed E-state index contributed by atoms with van der Waals surface area (Å²) in [5, 5.41) is 11.8. The molecule has 2 unspecified atom stereocenters. The van der Waals surface area contributed by atoms with Crippen molar-refractivity contribution in [3.05, 3.63) is 28.2 Å². The van der Waals surface area contributed by atoms with Gasteiger partial charge in [0.25, 0.3) is 0 Å². The first-order valence-electron chi connectivity index (χ1n) is 6.53. The highest BCUT2D eigenvalue weighted by Crippen LogP contribution is 2.29. The summed E-state index contributed by atoms with van der Waals surface area (Å²) in [6, 6.07) is 5.96. The van der Waals surface area contributed by atoms with Crippen molar-refractivity contribution in [3.63, 3.8) is 0 Å². The van der Waals surface area contributed by atoms with Crippen molar-refractivity contribution < 1.29 is 5.21 Å². The van der Waals surface area contributed by atoms with Gasteiger partial charge in [-0.25, -0.2) is 0 Å². The lowest BCUT2D eigenvalue weighted by Crippen LogP contribution is -2.38. The fourth-order valence-electron chi connectivity index (χ4n) is 2.84. The van der Waals surface area contributed by atoms with Gasteiger partial charge < -0.3 is 15.8 Å². The van der Waals surface area contributed by atoms with Gasteiger partial charge in [0.05, 0.1) is 0 Å². The molecule has 0 bridgehead atoms. The summed E-state index contributed by atoms with van der Waals surface area (Å²) < 4.78 is 0.853. The number of rotatable bonds is 2. The minimum Gasteiger partial charge on any atom is -0.409 e. The summed E-state index contributed by atoms with van der Waals surface area (Å²) in [5.41, 5.74) is 7.52. The van der Waals surface area contributed by atoms with Gasteiger partial charge in [-0.2, -0.15) is 0 Å². The third kappa shape index (κ3) is 3.21. The lowest BCUT2D eigenvalue weighted by Gasteiger charge is -2.36. The molecule has 4 nitrogen and oxygen atoms in total. The molecular weight excluding hydrogens is 306 g/mol. The van der Waals surface area contributed by atoms with Crippen LogP contribution in [0.15, 0.2) is 27.8 Å². The van der Waals surface area contributed by atoms with Crippen molar-refractivity contribution in [1.29, 1.82) is 0 Å². The summed E-state index contributed by atoms with van der Waals surface area (Å²) in [5.74, 6) is 1.55. The quantitative estimate of drug-likeness (QED) is 0.380. The second-order valence-corrected chi connectivity index (χ2v) is 6.35. The Labute approximate surface area is 122 Å². The van der Waals surface area contributed by atoms with E-state index >= 15 is 0 Å². The van der Waals surface area contributed by atoms with E-state index in [0.29, 0.717) is 17.4 Å². The topological polar surface area (TPSA) is 61.8 Å². The van der Waals surface area contributed by atoms with Crippen LogP contribution < -0.4 is 10.6 Å². The van der Waals surface area contributed by atoms with E-state index in [9.17, 15) is 0 Å². The Morgan fingerprint density at radius 2 is 2.00 bits per heavy atom. The van der Waals surface area contributed by atoms with E-state index in [0.717, 1.165) is 17.6 Å². The van der Waals surface area contributed by atoms with Crippen LogP contribution >= 0.6 is 15.9 Å². The van der Waals surface area contributed by atoms with E-state index in [2.05, 4.69) is 39.8 Å². The van der Waals surface area contributed by atoms with Gasteiger partial charge in [-0.3, -0.25) is 0 Å². The Morgan fingerprint density at radius 1 is 1.37 bits per heavy atom. The average molecular weight is 326 g/mol. The predicted octanol–water partition coefficient (Wildman–Crippen LogP) is 3.03. The van der Waals surface area contributed by atoms with E-state index in [1.165, 1.54) is 12.1 Å². The van der Waals surface area contributed by atoms with Crippen LogP contribution in [0.25, 0.3) is 0 Å². The maximum atomic E-state index is 8.73. The Kier molecular flexibility index (Phi) is 4.34. The van der Waals surface area contributed by atoms with Crippen LogP contribution in [0.5, 0.6) is 0 Å². The molecule has 5 heteroatoms. The van der Waals surface area contributed by atoms with Crippen LogP contribution in [-0.2, 0) is 0 Å². The highest BCUT2D eigenvalue weighted by atomic mass is 79.9. The lowest BCUT2D eigenvalue weighted by atomic mass is 9.91. The second-order valence-electron chi connectivity index (χ2n) is 5.50. The van der Waals surface area contributed by atoms with Crippen LogP contribution in [0.4, 0.5) is 5.69 Å². The molecule has 0 aliphatic carbocycles. The minimum atomic E-state index is 0.124. The first-order chi connectivity index (χ1) is 9.01. The van der Waals surface area contributed by atoms with Crippen LogP contribution in [-0.4, -0.2) is 24.1 Å². The standard InChI is InChI=1S/C14H20BrN3O/c1-9-5-10(2)8-18(7-9)11-3-4-12(13(15)6-11)14(16)17-19/h3-4,6,9-10,19H,5,7-8H2,1-2H3,(H2,16,17). The first kappa shape index (κ1) is 14.2. The zero-order valence-electron chi connectivity index (χ0n) is 11.3. The van der Waals surface area contributed by atoms with Crippen molar-refractivity contribution in [3.8, 4) is 0 Å². The fraction of sp³-hybridized carbons (Fsp3) is 0.500. The number of nitrogens with zero attached hydrogens (tertiary/aromatic N) is 2. The Balaban J connectivity index is 2.24. The molecule has 19 heavy (non-hydrogen) atoms. The summed E-state index contributed by atoms with van der Waals surface area (Å²) in [7, 11) is 0. The molecule has 1 aliphatic heterocycles. The zero-order valence-corrected chi connectivity index (χ0v) is 12.9. The Morgan fingerprint density at radius 3 is 2.53 bits per heavy atom. The van der Waals surface area contributed by atoms with Gasteiger partial charge in [-0.1, -0.05) is 19.0 Å². The highest BCUT2D eigenvalue weighted by Gasteiger charge is 2.22. The molecule has 1 saturated heterocycles. The molecule has 2 rings (SSSR count). The number of amidine groups is 1. The third-order valence-electron chi connectivity index (χ3n) is 3.57. The summed E-state index contributed by atoms with van der Waals surface area (Å²) >= 11 is 3.49. The maximum absolute atomic E-state index is 8.73. The number of nitrogens with two attached hydrogens (primary N) is 1. The normalized spacial score (nSPS) is 24.6. The number of piperidine rings is 1. The van der Waals surface area contributed by atoms with Gasteiger partial charge in [0.2, 0.25) is 0 Å². The Bertz CT molecular complexity index is 480. The number of hydrogen-bond donors (Lipinski definition) is 2. The van der Waals surface area contributed by atoms with Gasteiger partial charge >= 0.3 is 0 Å². The van der Waals surface area contributed by atoms with Gasteiger partial charge in [0.1, 0.15) is 0 Å². The third-order valence-corrected chi connectivity index (χ3v) is 4.23. The minimum absolute atomic E-state index is 0.124. The molecule has 1 fully saturated rings. The largest absolute Gasteiger partial charge is 0.409 e. The molecule has 0 spiro atoms. The molecule has 0 saturated carbocycles. The van der Waals surface area contributed by atoms with Gasteiger partial charge in [-0.15, -0.1) is 0 Å². The van der Waals surface area contributed by atoms with E-state index in [4.69, 9.17) is 10.9 Å². The SMILES string of the molecule is CC1CC(C)CN(c2ccc(/C(N)=N/O)c(Br)c2)C1. The van der Waals surface area contributed by atoms with Crippen LogP contribution in [0, 0.1) is 11.8 Å². The van der Waals surface area contributed by atoms with E-state index in [1.807, 2.05) is 18.2 Å². The van der Waals surface area contributed by atoms with Gasteiger partial charge in [0.15, 0.2) is 5.84 Å². The van der Waals surface area contributed by atoms with Gasteiger partial charge in [0, 0.05) is 28.8 Å². The van der Waals surface area contributed by atoms with E-state index in [1.54, 1.807) is 0 Å². The van der Waals surface area contributed by atoms with Crippen LogP contribution in [0.2, 0.25) is 0 Å². The summed E-state index contributed by atoms with van der Waals surface area (Å²) in [4.78, 5) is 2.40. The molecule has 1 aromatic rings. The first-order valence-corrected chi connectivity index (χ1v) is 7.33. The lowest BCUT2D eigenvalue weighted by molar-refractivity contribution is 0.318. The molecule has 2 atom stereocenters. The maximum Gasteiger partial charge on any atom is 0.171 e. The molecule has 3 N–H and O–H groups in total. The molecule has 1 aliphatic rings. The zero-order chi connectivity index (χ0) is 14.0. The smallest absolute Gasteiger partial charge is 0.171 e. The van der Waals surface area contributed by atoms with E-state index in [-0.39, 0.29) is 5.84 Å². The molecule has 104 valence electrons. The van der Waals surface area contributed by atoms with E-state index < -0.39 is 0 Å². The van der Waals surface area contributed by atoms with Crippen molar-refractivity contribution in [2.45, 2.75) is 20.3 Å². The van der Waals surface area contributed by atoms with Crippen LogP contribution in [0.1, 0.15) is 25.8 Å². The van der Waals surface area contributed by atoms with Crippen molar-refractivity contribution in [2.24, 2.45) is 22.7 Å². The fourth-order valence-corrected chi connectivity index (χ4v) is 3.41. The number of oxime groups is 1. The number of hydrogen-bond acceptors (Lipinski definition) is 3. The molecule has 0 amide bonds. The summed E-state index contributed by atoms with van der Waals surface area (Å²) in [6.45, 7) is 6.75. The van der Waals surface area contributed by atoms with Gasteiger partial charge in [-0.05, 0) is 52.4 Å². The monoisotopic (exact) mass is 325 g/mol.